The molecule has 0 radical (unpaired) electrons. The summed E-state index contributed by atoms with van der Waals surface area (Å²) in [5.41, 5.74) is 0.904. The Kier molecular flexibility index (Phi) is 4.70. The van der Waals surface area contributed by atoms with Crippen molar-refractivity contribution in [1.29, 1.82) is 0 Å². The van der Waals surface area contributed by atoms with Gasteiger partial charge in [0, 0.05) is 18.8 Å². The number of benzene rings is 1. The predicted octanol–water partition coefficient (Wildman–Crippen LogP) is 1.12. The number of sulfone groups is 1. The maximum Gasteiger partial charge on any atom is 0.337 e. The number of hydrogen-bond donors (Lipinski definition) is 1. The molecule has 2 amide bonds. The van der Waals surface area contributed by atoms with Crippen LogP contribution in [0.1, 0.15) is 16.8 Å². The van der Waals surface area contributed by atoms with Crippen LogP contribution in [-0.2, 0) is 14.6 Å². The highest BCUT2D eigenvalue weighted by Gasteiger charge is 2.32. The number of nitrogens with zero attached hydrogens (tertiary/aromatic N) is 1. The van der Waals surface area contributed by atoms with Gasteiger partial charge in [0.1, 0.15) is 0 Å². The average Bonchev–Trinajstić information content (AvgIpc) is 2.86. The first-order valence-corrected chi connectivity index (χ1v) is 8.57. The Balaban J connectivity index is 1.98. The average molecular weight is 326 g/mol. The largest absolute Gasteiger partial charge is 0.465 e. The molecule has 7 nitrogen and oxygen atoms in total. The van der Waals surface area contributed by atoms with Gasteiger partial charge in [-0.15, -0.1) is 0 Å². The number of amides is 2. The topological polar surface area (TPSA) is 92.8 Å². The van der Waals surface area contributed by atoms with Gasteiger partial charge in [0.2, 0.25) is 0 Å². The minimum absolute atomic E-state index is 0.00179. The van der Waals surface area contributed by atoms with Gasteiger partial charge in [-0.3, -0.25) is 0 Å². The molecule has 2 rings (SSSR count). The summed E-state index contributed by atoms with van der Waals surface area (Å²) >= 11 is 0. The van der Waals surface area contributed by atoms with Gasteiger partial charge in [0.25, 0.3) is 0 Å². The Bertz CT molecular complexity index is 669. The highest BCUT2D eigenvalue weighted by atomic mass is 32.2. The zero-order chi connectivity index (χ0) is 16.3. The minimum Gasteiger partial charge on any atom is -0.465 e. The quantitative estimate of drug-likeness (QED) is 0.840. The van der Waals surface area contributed by atoms with E-state index in [4.69, 9.17) is 0 Å². The van der Waals surface area contributed by atoms with Crippen molar-refractivity contribution >= 4 is 27.5 Å². The number of anilines is 1. The van der Waals surface area contributed by atoms with Crippen LogP contribution in [0, 0.1) is 0 Å². The van der Waals surface area contributed by atoms with Gasteiger partial charge in [0.15, 0.2) is 9.84 Å². The van der Waals surface area contributed by atoms with Crippen molar-refractivity contribution in [3.63, 3.8) is 0 Å². The molecule has 1 aliphatic heterocycles. The third-order valence-electron chi connectivity index (χ3n) is 3.63. The second-order valence-electron chi connectivity index (χ2n) is 5.17. The van der Waals surface area contributed by atoms with Gasteiger partial charge < -0.3 is 15.0 Å². The molecule has 1 fully saturated rings. The van der Waals surface area contributed by atoms with Crippen molar-refractivity contribution < 1.29 is 22.7 Å². The van der Waals surface area contributed by atoms with E-state index in [1.54, 1.807) is 31.3 Å². The van der Waals surface area contributed by atoms with Crippen LogP contribution in [0.15, 0.2) is 24.3 Å². The Morgan fingerprint density at radius 1 is 1.27 bits per heavy atom. The van der Waals surface area contributed by atoms with Crippen LogP contribution in [0.2, 0.25) is 0 Å². The summed E-state index contributed by atoms with van der Waals surface area (Å²) in [6, 6.07) is 5.57. The van der Waals surface area contributed by atoms with E-state index in [0.29, 0.717) is 17.7 Å². The molecular formula is C14H18N2O5S. The Hall–Kier alpha value is -2.09. The molecule has 1 aromatic carbocycles. The Labute approximate surface area is 129 Å². The van der Waals surface area contributed by atoms with Crippen molar-refractivity contribution in [3.8, 4) is 0 Å². The Morgan fingerprint density at radius 2 is 1.91 bits per heavy atom. The molecule has 1 N–H and O–H groups in total. The van der Waals surface area contributed by atoms with Crippen LogP contribution in [0.5, 0.6) is 0 Å². The summed E-state index contributed by atoms with van der Waals surface area (Å²) in [6.45, 7) is 0. The van der Waals surface area contributed by atoms with Gasteiger partial charge in [-0.1, -0.05) is 0 Å². The van der Waals surface area contributed by atoms with Crippen LogP contribution >= 0.6 is 0 Å². The molecule has 22 heavy (non-hydrogen) atoms. The van der Waals surface area contributed by atoms with Crippen molar-refractivity contribution in [2.75, 3.05) is 31.0 Å². The van der Waals surface area contributed by atoms with Crippen molar-refractivity contribution in [1.82, 2.24) is 4.90 Å². The molecule has 1 aliphatic rings. The van der Waals surface area contributed by atoms with Crippen LogP contribution < -0.4 is 5.32 Å². The van der Waals surface area contributed by atoms with E-state index in [0.717, 1.165) is 0 Å². The lowest BCUT2D eigenvalue weighted by atomic mass is 10.2. The van der Waals surface area contributed by atoms with E-state index in [9.17, 15) is 18.0 Å². The molecular weight excluding hydrogens is 308 g/mol. The predicted molar refractivity (Wildman–Crippen MR) is 81.6 cm³/mol. The number of ether oxygens (including phenoxy) is 1. The summed E-state index contributed by atoms with van der Waals surface area (Å²) in [5.74, 6) is -0.340. The van der Waals surface area contributed by atoms with Gasteiger partial charge in [-0.2, -0.15) is 0 Å². The molecule has 8 heteroatoms. The summed E-state index contributed by atoms with van der Waals surface area (Å²) in [5, 5.41) is 2.67. The first-order valence-electron chi connectivity index (χ1n) is 6.75. The van der Waals surface area contributed by atoms with E-state index < -0.39 is 15.8 Å². The van der Waals surface area contributed by atoms with Crippen molar-refractivity contribution in [2.24, 2.45) is 0 Å². The number of carbonyl (C=O) groups is 2. The molecule has 1 atom stereocenters. The van der Waals surface area contributed by atoms with E-state index in [1.807, 2.05) is 0 Å². The van der Waals surface area contributed by atoms with Crippen LogP contribution in [-0.4, -0.2) is 57.0 Å². The van der Waals surface area contributed by atoms with Crippen LogP contribution in [0.4, 0.5) is 10.5 Å². The summed E-state index contributed by atoms with van der Waals surface area (Å²) in [6.07, 6.45) is 0.452. The van der Waals surface area contributed by atoms with E-state index in [-0.39, 0.29) is 23.6 Å². The van der Waals surface area contributed by atoms with E-state index in [2.05, 4.69) is 10.1 Å². The second kappa shape index (κ2) is 6.35. The number of methoxy groups -OCH3 is 1. The molecule has 120 valence electrons. The van der Waals surface area contributed by atoms with Crippen molar-refractivity contribution in [2.45, 2.75) is 12.5 Å². The summed E-state index contributed by atoms with van der Waals surface area (Å²) in [4.78, 5) is 24.8. The molecule has 0 bridgehead atoms. The molecule has 0 aliphatic carbocycles. The fourth-order valence-corrected chi connectivity index (χ4v) is 4.04. The fraction of sp³-hybridized carbons (Fsp3) is 0.429. The second-order valence-corrected chi connectivity index (χ2v) is 7.40. The number of carbonyl (C=O) groups excluding carboxylic acids is 2. The molecule has 1 heterocycles. The maximum atomic E-state index is 12.1. The summed E-state index contributed by atoms with van der Waals surface area (Å²) in [7, 11) is -0.171. The Morgan fingerprint density at radius 3 is 2.41 bits per heavy atom. The first-order chi connectivity index (χ1) is 10.3. The third-order valence-corrected chi connectivity index (χ3v) is 5.38. The zero-order valence-electron chi connectivity index (χ0n) is 12.4. The monoisotopic (exact) mass is 326 g/mol. The van der Waals surface area contributed by atoms with Crippen molar-refractivity contribution in [3.05, 3.63) is 29.8 Å². The number of urea groups is 1. The molecule has 0 spiro atoms. The lowest BCUT2D eigenvalue weighted by molar-refractivity contribution is 0.0600. The molecule has 0 aromatic heterocycles. The smallest absolute Gasteiger partial charge is 0.337 e. The highest BCUT2D eigenvalue weighted by molar-refractivity contribution is 7.91. The first kappa shape index (κ1) is 16.3. The SMILES string of the molecule is COC(=O)c1ccc(NC(=O)N(C)C2CCS(=O)(=O)C2)cc1. The number of nitrogens with one attached hydrogen (secondary N) is 1. The van der Waals surface area contributed by atoms with Crippen LogP contribution in [0.25, 0.3) is 0 Å². The highest BCUT2D eigenvalue weighted by Crippen LogP contribution is 2.18. The summed E-state index contributed by atoms with van der Waals surface area (Å²) < 4.78 is 27.5. The number of hydrogen-bond acceptors (Lipinski definition) is 5. The number of rotatable bonds is 3. The normalized spacial score (nSPS) is 19.5. The van der Waals surface area contributed by atoms with Gasteiger partial charge in [-0.25, -0.2) is 18.0 Å². The zero-order valence-corrected chi connectivity index (χ0v) is 13.2. The fourth-order valence-electron chi connectivity index (χ4n) is 2.27. The van der Waals surface area contributed by atoms with Crippen LogP contribution in [0.3, 0.4) is 0 Å². The standard InChI is InChI=1S/C14H18N2O5S/c1-16(12-7-8-22(19,20)9-12)14(18)15-11-5-3-10(4-6-11)13(17)21-2/h3-6,12H,7-9H2,1-2H3,(H,15,18). The molecule has 1 saturated heterocycles. The molecule has 1 aromatic rings. The molecule has 1 unspecified atom stereocenters. The lowest BCUT2D eigenvalue weighted by Crippen LogP contribution is -2.40. The third kappa shape index (κ3) is 3.76. The van der Waals surface area contributed by atoms with Gasteiger partial charge >= 0.3 is 12.0 Å². The molecule has 0 saturated carbocycles. The van der Waals surface area contributed by atoms with Gasteiger partial charge in [-0.05, 0) is 30.7 Å². The lowest BCUT2D eigenvalue weighted by Gasteiger charge is -2.23. The minimum atomic E-state index is -3.04. The van der Waals surface area contributed by atoms with E-state index in [1.165, 1.54) is 12.0 Å². The van der Waals surface area contributed by atoms with E-state index >= 15 is 0 Å². The van der Waals surface area contributed by atoms with Gasteiger partial charge in [0.05, 0.1) is 24.2 Å². The maximum absolute atomic E-state index is 12.1. The number of esters is 1.